The summed E-state index contributed by atoms with van der Waals surface area (Å²) in [6.07, 6.45) is 5.16. The first-order chi connectivity index (χ1) is 9.13. The molecule has 2 heterocycles. The Balaban J connectivity index is 2.55. The van der Waals surface area contributed by atoms with Gasteiger partial charge in [0.05, 0.1) is 12.8 Å². The van der Waals surface area contributed by atoms with E-state index in [1.807, 2.05) is 19.0 Å². The molecule has 19 heavy (non-hydrogen) atoms. The van der Waals surface area contributed by atoms with Crippen molar-refractivity contribution in [3.8, 4) is 0 Å². The summed E-state index contributed by atoms with van der Waals surface area (Å²) in [6.45, 7) is 2.03. The van der Waals surface area contributed by atoms with Crippen molar-refractivity contribution in [1.82, 2.24) is 24.7 Å². The number of carbonyl (C=O) groups is 1. The molecule has 0 atom stereocenters. The van der Waals surface area contributed by atoms with E-state index in [0.29, 0.717) is 11.3 Å². The summed E-state index contributed by atoms with van der Waals surface area (Å²) in [5.74, 6) is -0.509. The molecular formula is C12H15N5O2. The van der Waals surface area contributed by atoms with Gasteiger partial charge in [0, 0.05) is 26.4 Å². The van der Waals surface area contributed by atoms with Crippen molar-refractivity contribution in [2.45, 2.75) is 6.92 Å². The smallest absolute Gasteiger partial charge is 0.361 e. The van der Waals surface area contributed by atoms with Crippen LogP contribution in [-0.2, 0) is 4.74 Å². The molecule has 0 saturated carbocycles. The Morgan fingerprint density at radius 1 is 1.47 bits per heavy atom. The van der Waals surface area contributed by atoms with E-state index in [0.717, 1.165) is 0 Å². The fraction of sp³-hybridized carbons (Fsp3) is 0.333. The van der Waals surface area contributed by atoms with E-state index >= 15 is 0 Å². The summed E-state index contributed by atoms with van der Waals surface area (Å²) in [7, 11) is 3.77. The number of carbonyl (C=O) groups excluding carboxylic acids is 1. The third-order valence-corrected chi connectivity index (χ3v) is 2.35. The van der Waals surface area contributed by atoms with Crippen LogP contribution in [0.15, 0.2) is 18.5 Å². The molecular weight excluding hydrogens is 246 g/mol. The summed E-state index contributed by atoms with van der Waals surface area (Å²) in [6, 6.07) is 1.72. The van der Waals surface area contributed by atoms with Gasteiger partial charge in [0.25, 0.3) is 0 Å². The molecule has 0 aromatic carbocycles. The van der Waals surface area contributed by atoms with Crippen molar-refractivity contribution >= 4 is 17.7 Å². The maximum absolute atomic E-state index is 11.9. The first-order valence-electron chi connectivity index (χ1n) is 5.85. The van der Waals surface area contributed by atoms with Crippen molar-refractivity contribution in [3.63, 3.8) is 0 Å². The molecule has 2 rings (SSSR count). The van der Waals surface area contributed by atoms with Crippen LogP contribution in [0.3, 0.4) is 0 Å². The van der Waals surface area contributed by atoms with Crippen molar-refractivity contribution in [2.75, 3.05) is 20.7 Å². The zero-order valence-corrected chi connectivity index (χ0v) is 11.1. The van der Waals surface area contributed by atoms with Gasteiger partial charge in [0.1, 0.15) is 5.69 Å². The number of aromatic nitrogens is 4. The number of nitrogens with zero attached hydrogens (tertiary/aromatic N) is 5. The zero-order valence-electron chi connectivity index (χ0n) is 11.1. The molecule has 7 nitrogen and oxygen atoms in total. The molecule has 0 aliphatic rings. The molecule has 7 heteroatoms. The second-order valence-corrected chi connectivity index (χ2v) is 4.03. The lowest BCUT2D eigenvalue weighted by Gasteiger charge is -2.07. The van der Waals surface area contributed by atoms with Gasteiger partial charge in [-0.1, -0.05) is 0 Å². The molecule has 2 aromatic heterocycles. The number of esters is 1. The van der Waals surface area contributed by atoms with Crippen molar-refractivity contribution < 1.29 is 9.53 Å². The summed E-state index contributed by atoms with van der Waals surface area (Å²) in [5, 5.41) is 12.0. The van der Waals surface area contributed by atoms with E-state index in [9.17, 15) is 4.79 Å². The SMILES string of the molecule is CCOC(=O)c1nnc2ccnn2c1C=CN(C)C. The average Bonchev–Trinajstić information content (AvgIpc) is 2.84. The Morgan fingerprint density at radius 3 is 2.95 bits per heavy atom. The molecule has 0 N–H and O–H groups in total. The quantitative estimate of drug-likeness (QED) is 0.759. The Bertz CT molecular complexity index is 618. The lowest BCUT2D eigenvalue weighted by atomic mass is 10.3. The lowest BCUT2D eigenvalue weighted by Crippen LogP contribution is -2.14. The number of hydrogen-bond donors (Lipinski definition) is 0. The summed E-state index contributed by atoms with van der Waals surface area (Å²) < 4.78 is 6.53. The van der Waals surface area contributed by atoms with Crippen molar-refractivity contribution in [1.29, 1.82) is 0 Å². The molecule has 0 unspecified atom stereocenters. The largest absolute Gasteiger partial charge is 0.461 e. The van der Waals surface area contributed by atoms with Gasteiger partial charge in [0.2, 0.25) is 0 Å². The third-order valence-electron chi connectivity index (χ3n) is 2.35. The van der Waals surface area contributed by atoms with Gasteiger partial charge < -0.3 is 9.64 Å². The van der Waals surface area contributed by atoms with Gasteiger partial charge in [-0.25, -0.2) is 9.31 Å². The van der Waals surface area contributed by atoms with Gasteiger partial charge in [-0.3, -0.25) is 0 Å². The number of fused-ring (bicyclic) bond motifs is 1. The van der Waals surface area contributed by atoms with E-state index in [2.05, 4.69) is 15.3 Å². The average molecular weight is 261 g/mol. The Morgan fingerprint density at radius 2 is 2.26 bits per heavy atom. The number of rotatable bonds is 4. The summed E-state index contributed by atoms with van der Waals surface area (Å²) in [4.78, 5) is 13.7. The van der Waals surface area contributed by atoms with E-state index in [1.54, 1.807) is 36.0 Å². The van der Waals surface area contributed by atoms with Crippen LogP contribution >= 0.6 is 0 Å². The molecule has 2 aromatic rings. The first-order valence-corrected chi connectivity index (χ1v) is 5.85. The Kier molecular flexibility index (Phi) is 3.74. The molecule has 0 bridgehead atoms. The van der Waals surface area contributed by atoms with Crippen LogP contribution in [0.2, 0.25) is 0 Å². The van der Waals surface area contributed by atoms with E-state index in [1.165, 1.54) is 0 Å². The van der Waals surface area contributed by atoms with Crippen LogP contribution in [0.25, 0.3) is 11.7 Å². The van der Waals surface area contributed by atoms with Gasteiger partial charge >= 0.3 is 5.97 Å². The zero-order chi connectivity index (χ0) is 13.8. The summed E-state index contributed by atoms with van der Waals surface area (Å²) in [5.41, 5.74) is 1.27. The van der Waals surface area contributed by atoms with Crippen molar-refractivity contribution in [2.24, 2.45) is 0 Å². The molecule has 0 radical (unpaired) electrons. The maximum atomic E-state index is 11.9. The van der Waals surface area contributed by atoms with Crippen LogP contribution in [0.4, 0.5) is 0 Å². The highest BCUT2D eigenvalue weighted by atomic mass is 16.5. The first kappa shape index (κ1) is 13.0. The van der Waals surface area contributed by atoms with Crippen molar-refractivity contribution in [3.05, 3.63) is 29.9 Å². The number of hydrogen-bond acceptors (Lipinski definition) is 6. The lowest BCUT2D eigenvalue weighted by molar-refractivity contribution is 0.0517. The monoisotopic (exact) mass is 261 g/mol. The topological polar surface area (TPSA) is 72.6 Å². The molecule has 0 fully saturated rings. The van der Waals surface area contributed by atoms with Crippen LogP contribution in [-0.4, -0.2) is 51.4 Å². The van der Waals surface area contributed by atoms with E-state index < -0.39 is 5.97 Å². The Labute approximate surface area is 110 Å². The highest BCUT2D eigenvalue weighted by Gasteiger charge is 2.17. The minimum absolute atomic E-state index is 0.149. The van der Waals surface area contributed by atoms with E-state index in [-0.39, 0.29) is 12.3 Å². The van der Waals surface area contributed by atoms with Crippen LogP contribution in [0.1, 0.15) is 23.1 Å². The molecule has 100 valence electrons. The molecule has 0 spiro atoms. The van der Waals surface area contributed by atoms with Gasteiger partial charge in [-0.05, 0) is 13.0 Å². The number of ether oxygens (including phenoxy) is 1. The van der Waals surface area contributed by atoms with Gasteiger partial charge in [-0.2, -0.15) is 5.10 Å². The molecule has 0 aliphatic heterocycles. The fourth-order valence-electron chi connectivity index (χ4n) is 1.52. The molecule has 0 saturated heterocycles. The highest BCUT2D eigenvalue weighted by Crippen LogP contribution is 2.11. The predicted octanol–water partition coefficient (Wildman–Crippen LogP) is 0.833. The maximum Gasteiger partial charge on any atom is 0.361 e. The minimum atomic E-state index is -0.509. The second kappa shape index (κ2) is 5.47. The minimum Gasteiger partial charge on any atom is -0.461 e. The third kappa shape index (κ3) is 2.70. The van der Waals surface area contributed by atoms with Gasteiger partial charge in [0.15, 0.2) is 11.3 Å². The van der Waals surface area contributed by atoms with Gasteiger partial charge in [-0.15, -0.1) is 10.2 Å². The Hall–Kier alpha value is -2.44. The molecule has 0 amide bonds. The molecule has 0 aliphatic carbocycles. The highest BCUT2D eigenvalue weighted by molar-refractivity contribution is 5.90. The van der Waals surface area contributed by atoms with Crippen LogP contribution in [0.5, 0.6) is 0 Å². The predicted molar refractivity (Wildman–Crippen MR) is 69.5 cm³/mol. The van der Waals surface area contributed by atoms with E-state index in [4.69, 9.17) is 4.74 Å². The normalized spacial score (nSPS) is 11.1. The standard InChI is InChI=1S/C12H15N5O2/c1-4-19-12(18)11-9(6-8-16(2)3)17-10(14-15-11)5-7-13-17/h5-8H,4H2,1-3H3. The van der Waals surface area contributed by atoms with Crippen LogP contribution < -0.4 is 0 Å². The van der Waals surface area contributed by atoms with Crippen LogP contribution in [0, 0.1) is 0 Å². The fourth-order valence-corrected chi connectivity index (χ4v) is 1.52. The summed E-state index contributed by atoms with van der Waals surface area (Å²) >= 11 is 0. The second-order valence-electron chi connectivity index (χ2n) is 4.03.